The minimum absolute atomic E-state index is 0.245. The van der Waals surface area contributed by atoms with E-state index in [2.05, 4.69) is 34.4 Å². The Balaban J connectivity index is 1.36. The van der Waals surface area contributed by atoms with Gasteiger partial charge in [0.1, 0.15) is 23.1 Å². The monoisotopic (exact) mass is 558 g/mol. The summed E-state index contributed by atoms with van der Waals surface area (Å²) in [5.41, 5.74) is 2.32. The van der Waals surface area contributed by atoms with Crippen molar-refractivity contribution in [3.63, 3.8) is 0 Å². The lowest BCUT2D eigenvalue weighted by Gasteiger charge is -2.37. The van der Waals surface area contributed by atoms with Crippen LogP contribution in [0.4, 0.5) is 11.5 Å². The first kappa shape index (κ1) is 27.8. The molecule has 0 saturated carbocycles. The van der Waals surface area contributed by atoms with Crippen LogP contribution in [0, 0.1) is 0 Å². The van der Waals surface area contributed by atoms with Crippen molar-refractivity contribution in [3.05, 3.63) is 69.8 Å². The van der Waals surface area contributed by atoms with E-state index in [1.807, 2.05) is 24.3 Å². The number of hydrogen-bond donors (Lipinski definition) is 2. The second kappa shape index (κ2) is 12.6. The average Bonchev–Trinajstić information content (AvgIpc) is 2.90. The Kier molecular flexibility index (Phi) is 9.20. The van der Waals surface area contributed by atoms with E-state index in [4.69, 9.17) is 37.4 Å². The molecule has 1 saturated heterocycles. The molecule has 2 heterocycles. The van der Waals surface area contributed by atoms with Crippen LogP contribution in [-0.2, 0) is 6.42 Å². The fourth-order valence-corrected chi connectivity index (χ4v) is 5.24. The lowest BCUT2D eigenvalue weighted by atomic mass is 10.1. The van der Waals surface area contributed by atoms with Gasteiger partial charge in [-0.1, -0.05) is 23.2 Å². The molecule has 4 rings (SSSR count). The van der Waals surface area contributed by atoms with Crippen LogP contribution in [0.15, 0.2) is 48.7 Å². The summed E-state index contributed by atoms with van der Waals surface area (Å²) in [6.45, 7) is 6.50. The van der Waals surface area contributed by atoms with Crippen LogP contribution >= 0.6 is 23.2 Å². The molecule has 2 aromatic carbocycles. The minimum Gasteiger partial charge on any atom is -0.495 e. The summed E-state index contributed by atoms with van der Waals surface area (Å²) in [7, 11) is 3.06. The molecule has 1 fully saturated rings. The highest BCUT2D eigenvalue weighted by Crippen LogP contribution is 2.40. The molecule has 0 bridgehead atoms. The molecule has 3 aromatic rings. The maximum atomic E-state index is 12.8. The van der Waals surface area contributed by atoms with Crippen molar-refractivity contribution >= 4 is 40.6 Å². The molecule has 8 nitrogen and oxygen atoms in total. The second-order valence-corrected chi connectivity index (χ2v) is 9.99. The Bertz CT molecular complexity index is 1230. The van der Waals surface area contributed by atoms with Crippen molar-refractivity contribution in [2.24, 2.45) is 0 Å². The molecular weight excluding hydrogens is 527 g/mol. The number of carbonyl (C=O) groups is 1. The fourth-order valence-electron chi connectivity index (χ4n) is 4.55. The van der Waals surface area contributed by atoms with Crippen LogP contribution in [0.25, 0.3) is 0 Å². The molecule has 10 heteroatoms. The smallest absolute Gasteiger partial charge is 0.256 e. The zero-order valence-corrected chi connectivity index (χ0v) is 23.4. The molecule has 38 heavy (non-hydrogen) atoms. The number of nitrogens with zero attached hydrogens (tertiary/aromatic N) is 2. The molecule has 2 atom stereocenters. The van der Waals surface area contributed by atoms with Crippen molar-refractivity contribution in [1.82, 2.24) is 10.3 Å². The van der Waals surface area contributed by atoms with E-state index in [0.29, 0.717) is 62.7 Å². The van der Waals surface area contributed by atoms with E-state index >= 15 is 0 Å². The van der Waals surface area contributed by atoms with Gasteiger partial charge < -0.3 is 29.7 Å². The third-order valence-corrected chi connectivity index (χ3v) is 7.14. The first-order valence-electron chi connectivity index (χ1n) is 12.4. The number of rotatable bonds is 9. The van der Waals surface area contributed by atoms with Gasteiger partial charge in [0.2, 0.25) is 0 Å². The van der Waals surface area contributed by atoms with E-state index in [9.17, 15) is 4.79 Å². The maximum Gasteiger partial charge on any atom is 0.256 e. The largest absolute Gasteiger partial charge is 0.495 e. The normalized spacial score (nSPS) is 17.2. The van der Waals surface area contributed by atoms with Gasteiger partial charge in [-0.25, -0.2) is 4.98 Å². The lowest BCUT2D eigenvalue weighted by Crippen LogP contribution is -2.54. The molecule has 0 radical (unpaired) electrons. The fraction of sp³-hybridized carbons (Fsp3) is 0.357. The number of benzene rings is 2. The topological polar surface area (TPSA) is 85.0 Å². The molecule has 1 aliphatic heterocycles. The van der Waals surface area contributed by atoms with Gasteiger partial charge in [-0.3, -0.25) is 4.79 Å². The highest BCUT2D eigenvalue weighted by molar-refractivity contribution is 6.37. The van der Waals surface area contributed by atoms with Crippen LogP contribution in [0.5, 0.6) is 17.2 Å². The van der Waals surface area contributed by atoms with Crippen molar-refractivity contribution in [2.45, 2.75) is 32.4 Å². The first-order chi connectivity index (χ1) is 18.3. The summed E-state index contributed by atoms with van der Waals surface area (Å²) in [6.07, 6.45) is 2.00. The number of aromatic nitrogens is 1. The van der Waals surface area contributed by atoms with Gasteiger partial charge >= 0.3 is 0 Å². The predicted molar refractivity (Wildman–Crippen MR) is 152 cm³/mol. The zero-order chi connectivity index (χ0) is 27.2. The van der Waals surface area contributed by atoms with Crippen molar-refractivity contribution in [1.29, 1.82) is 0 Å². The van der Waals surface area contributed by atoms with E-state index in [0.717, 1.165) is 18.8 Å². The van der Waals surface area contributed by atoms with Crippen LogP contribution in [0.2, 0.25) is 10.0 Å². The van der Waals surface area contributed by atoms with Gasteiger partial charge in [0, 0.05) is 66.7 Å². The number of amides is 1. The zero-order valence-electron chi connectivity index (χ0n) is 21.9. The van der Waals surface area contributed by atoms with Gasteiger partial charge in [0.05, 0.1) is 30.9 Å². The Morgan fingerprint density at radius 2 is 1.66 bits per heavy atom. The number of piperazine rings is 1. The third kappa shape index (κ3) is 6.62. The SMILES string of the molecule is COc1cc(OC)c(Cl)c(CCOc2ccnc(NC(=O)c3ccc(N4C[C@@H](C)N[C@@H](C)C4)cc3)c2)c1Cl. The first-order valence-corrected chi connectivity index (χ1v) is 13.1. The maximum absolute atomic E-state index is 12.8. The Morgan fingerprint density at radius 3 is 2.26 bits per heavy atom. The number of hydrogen-bond acceptors (Lipinski definition) is 7. The van der Waals surface area contributed by atoms with Crippen molar-refractivity contribution in [3.8, 4) is 17.2 Å². The van der Waals surface area contributed by atoms with Crippen LogP contribution in [0.1, 0.15) is 29.8 Å². The van der Waals surface area contributed by atoms with Gasteiger partial charge in [0.15, 0.2) is 0 Å². The lowest BCUT2D eigenvalue weighted by molar-refractivity contribution is 0.102. The number of pyridine rings is 1. The average molecular weight is 559 g/mol. The standard InChI is InChI=1S/C28H32Cl2N4O4/c1-17-15-34(16-18(2)32-17)20-7-5-19(6-8-20)28(35)33-25-13-21(9-11-31-25)38-12-10-22-26(29)23(36-3)14-24(37-4)27(22)30/h5-9,11,13-14,17-18,32H,10,12,15-16H2,1-4H3,(H,31,33,35)/t17-,18+. The summed E-state index contributed by atoms with van der Waals surface area (Å²) in [5.74, 6) is 1.64. The molecule has 1 aliphatic rings. The number of methoxy groups -OCH3 is 2. The van der Waals surface area contributed by atoms with Gasteiger partial charge in [0.25, 0.3) is 5.91 Å². The molecular formula is C28H32Cl2N4O4. The Hall–Kier alpha value is -3.20. The summed E-state index contributed by atoms with van der Waals surface area (Å²) in [5, 5.41) is 7.20. The Labute approximate surface area is 233 Å². The van der Waals surface area contributed by atoms with Crippen LogP contribution in [-0.4, -0.2) is 56.9 Å². The van der Waals surface area contributed by atoms with Gasteiger partial charge in [-0.15, -0.1) is 0 Å². The number of nitrogens with one attached hydrogen (secondary N) is 2. The summed E-state index contributed by atoms with van der Waals surface area (Å²) < 4.78 is 16.5. The molecule has 1 amide bonds. The summed E-state index contributed by atoms with van der Waals surface area (Å²) >= 11 is 12.9. The highest BCUT2D eigenvalue weighted by Gasteiger charge is 2.21. The van der Waals surface area contributed by atoms with E-state index in [-0.39, 0.29) is 12.5 Å². The molecule has 2 N–H and O–H groups in total. The number of ether oxygens (including phenoxy) is 3. The quantitative estimate of drug-likeness (QED) is 0.360. The van der Waals surface area contributed by atoms with Crippen molar-refractivity contribution in [2.75, 3.05) is 44.1 Å². The summed E-state index contributed by atoms with van der Waals surface area (Å²) in [4.78, 5) is 19.4. The third-order valence-electron chi connectivity index (χ3n) is 6.31. The number of anilines is 2. The second-order valence-electron chi connectivity index (χ2n) is 9.24. The molecule has 0 unspecified atom stereocenters. The Morgan fingerprint density at radius 1 is 1.03 bits per heavy atom. The molecule has 0 spiro atoms. The van der Waals surface area contributed by atoms with Crippen molar-refractivity contribution < 1.29 is 19.0 Å². The van der Waals surface area contributed by atoms with Crippen LogP contribution in [0.3, 0.4) is 0 Å². The van der Waals surface area contributed by atoms with Crippen LogP contribution < -0.4 is 29.7 Å². The van der Waals surface area contributed by atoms with E-state index < -0.39 is 0 Å². The van der Waals surface area contributed by atoms with E-state index in [1.165, 1.54) is 14.2 Å². The molecule has 0 aliphatic carbocycles. The molecule has 1 aromatic heterocycles. The number of halogens is 2. The van der Waals surface area contributed by atoms with Gasteiger partial charge in [-0.2, -0.15) is 0 Å². The van der Waals surface area contributed by atoms with Gasteiger partial charge in [-0.05, 0) is 44.2 Å². The molecule has 202 valence electrons. The predicted octanol–water partition coefficient (Wildman–Crippen LogP) is 5.47. The summed E-state index contributed by atoms with van der Waals surface area (Å²) in [6, 6.07) is 13.5. The highest BCUT2D eigenvalue weighted by atomic mass is 35.5. The minimum atomic E-state index is -0.245. The number of carbonyl (C=O) groups excluding carboxylic acids is 1. The van der Waals surface area contributed by atoms with E-state index in [1.54, 1.807) is 24.4 Å².